The van der Waals surface area contributed by atoms with Gasteiger partial charge in [0.05, 0.1) is 12.2 Å². The highest BCUT2D eigenvalue weighted by molar-refractivity contribution is 5.88. The first-order chi connectivity index (χ1) is 12.4. The lowest BCUT2D eigenvalue weighted by Crippen LogP contribution is -2.48. The lowest BCUT2D eigenvalue weighted by atomic mass is 9.50. The lowest BCUT2D eigenvalue weighted by molar-refractivity contribution is -0.0747. The van der Waals surface area contributed by atoms with Gasteiger partial charge in [-0.1, -0.05) is 6.92 Å². The van der Waals surface area contributed by atoms with Gasteiger partial charge in [0, 0.05) is 11.5 Å². The van der Waals surface area contributed by atoms with Gasteiger partial charge in [0.1, 0.15) is 11.6 Å². The molecule has 1 aromatic rings. The Bertz CT molecular complexity index is 721. The molecule has 0 amide bonds. The minimum Gasteiger partial charge on any atom is -0.493 e. The molecule has 0 aliphatic heterocycles. The van der Waals surface area contributed by atoms with E-state index in [9.17, 15) is 14.3 Å². The molecule has 0 aromatic heterocycles. The summed E-state index contributed by atoms with van der Waals surface area (Å²) in [5.74, 6) is 2.10. The van der Waals surface area contributed by atoms with Crippen LogP contribution >= 0.6 is 0 Å². The maximum Gasteiger partial charge on any atom is 0.338 e. The molecule has 0 radical (unpaired) electrons. The van der Waals surface area contributed by atoms with Crippen LogP contribution in [0.25, 0.3) is 0 Å². The summed E-state index contributed by atoms with van der Waals surface area (Å²) < 4.78 is 20.5. The first-order valence-corrected chi connectivity index (χ1v) is 10.1. The zero-order valence-corrected chi connectivity index (χ0v) is 15.3. The quantitative estimate of drug-likeness (QED) is 0.783. The smallest absolute Gasteiger partial charge is 0.338 e. The van der Waals surface area contributed by atoms with Crippen LogP contribution in [0.3, 0.4) is 0 Å². The van der Waals surface area contributed by atoms with Crippen molar-refractivity contribution in [3.63, 3.8) is 0 Å². The minimum absolute atomic E-state index is 0.235. The molecule has 26 heavy (non-hydrogen) atoms. The Hall–Kier alpha value is -1.58. The summed E-state index contributed by atoms with van der Waals surface area (Å²) in [6.07, 6.45) is 8.97. The van der Waals surface area contributed by atoms with Crippen LogP contribution in [0.5, 0.6) is 5.75 Å². The van der Waals surface area contributed by atoms with Crippen molar-refractivity contribution < 1.29 is 19.0 Å². The van der Waals surface area contributed by atoms with Gasteiger partial charge in [-0.25, -0.2) is 9.18 Å². The van der Waals surface area contributed by atoms with Crippen LogP contribution in [0, 0.1) is 34.9 Å². The Labute approximate surface area is 153 Å². The number of ether oxygens (including phenoxy) is 1. The summed E-state index contributed by atoms with van der Waals surface area (Å²) in [6.45, 7) is 2.81. The highest BCUT2D eigenvalue weighted by Crippen LogP contribution is 2.60. The number of benzene rings is 1. The Morgan fingerprint density at radius 3 is 2.23 bits per heavy atom. The van der Waals surface area contributed by atoms with E-state index in [1.807, 2.05) is 0 Å². The van der Waals surface area contributed by atoms with Crippen molar-refractivity contribution in [2.45, 2.75) is 57.8 Å². The van der Waals surface area contributed by atoms with Crippen LogP contribution in [0.1, 0.15) is 73.7 Å². The highest BCUT2D eigenvalue weighted by Gasteiger charge is 2.51. The van der Waals surface area contributed by atoms with Crippen LogP contribution in [0.2, 0.25) is 0 Å². The largest absolute Gasteiger partial charge is 0.493 e. The molecule has 0 saturated heterocycles. The predicted molar refractivity (Wildman–Crippen MR) is 96.0 cm³/mol. The predicted octanol–water partition coefficient (Wildman–Crippen LogP) is 5.24. The average Bonchev–Trinajstić information content (AvgIpc) is 3.28. The standard InChI is InChI=1S/C22H27FO3/c1-12-2-16(12)17-6-18(21(24)25)19(23)7-20(17)26-11-22-8-13-3-14(9-22)5-15(4-13)10-22/h6-7,12-16H,2-5,8-11H2,1H3,(H,24,25)/t12-,13?,14?,15?,16-,22?/m1/s1. The molecular weight excluding hydrogens is 331 g/mol. The Morgan fingerprint density at radius 2 is 1.73 bits per heavy atom. The first kappa shape index (κ1) is 16.6. The van der Waals surface area contributed by atoms with Gasteiger partial charge in [0.2, 0.25) is 0 Å². The minimum atomic E-state index is -1.20. The fourth-order valence-electron chi connectivity index (χ4n) is 6.60. The third-order valence-corrected chi connectivity index (χ3v) is 7.54. The van der Waals surface area contributed by atoms with Gasteiger partial charge >= 0.3 is 5.97 Å². The van der Waals surface area contributed by atoms with Crippen molar-refractivity contribution in [3.8, 4) is 5.75 Å². The van der Waals surface area contributed by atoms with Crippen LogP contribution in [0.15, 0.2) is 12.1 Å². The Kier molecular flexibility index (Phi) is 3.64. The van der Waals surface area contributed by atoms with E-state index in [4.69, 9.17) is 4.74 Å². The van der Waals surface area contributed by atoms with E-state index >= 15 is 0 Å². The van der Waals surface area contributed by atoms with Gasteiger partial charge in [-0.15, -0.1) is 0 Å². The molecule has 0 unspecified atom stereocenters. The normalized spacial score (nSPS) is 39.8. The molecule has 2 atom stereocenters. The van der Waals surface area contributed by atoms with Crippen molar-refractivity contribution >= 4 is 5.97 Å². The highest BCUT2D eigenvalue weighted by atomic mass is 19.1. The maximum absolute atomic E-state index is 14.3. The van der Waals surface area contributed by atoms with Gasteiger partial charge in [0.15, 0.2) is 0 Å². The van der Waals surface area contributed by atoms with Gasteiger partial charge in [-0.3, -0.25) is 0 Å². The summed E-state index contributed by atoms with van der Waals surface area (Å²) in [4.78, 5) is 11.3. The molecule has 4 heteroatoms. The molecule has 3 nitrogen and oxygen atoms in total. The van der Waals surface area contributed by atoms with E-state index in [1.54, 1.807) is 0 Å². The van der Waals surface area contributed by atoms with Crippen molar-refractivity contribution in [1.82, 2.24) is 0 Å². The molecule has 5 saturated carbocycles. The summed E-state index contributed by atoms with van der Waals surface area (Å²) in [7, 11) is 0. The second kappa shape index (κ2) is 5.71. The van der Waals surface area contributed by atoms with Gasteiger partial charge in [0.25, 0.3) is 0 Å². The van der Waals surface area contributed by atoms with E-state index in [0.29, 0.717) is 24.2 Å². The molecule has 5 aliphatic rings. The maximum atomic E-state index is 14.3. The average molecular weight is 358 g/mol. The van der Waals surface area contributed by atoms with Crippen LogP contribution < -0.4 is 4.74 Å². The molecule has 1 aromatic carbocycles. The summed E-state index contributed by atoms with van der Waals surface area (Å²) in [5, 5.41) is 9.25. The second-order valence-corrected chi connectivity index (χ2v) is 9.70. The third kappa shape index (κ3) is 2.73. The first-order valence-electron chi connectivity index (χ1n) is 10.1. The molecular formula is C22H27FO3. The van der Waals surface area contributed by atoms with Crippen molar-refractivity contribution in [3.05, 3.63) is 29.1 Å². The molecule has 6 rings (SSSR count). The Balaban J connectivity index is 1.40. The van der Waals surface area contributed by atoms with Gasteiger partial charge in [-0.05, 0) is 86.2 Å². The number of halogens is 1. The topological polar surface area (TPSA) is 46.5 Å². The van der Waals surface area contributed by atoms with Gasteiger partial charge in [-0.2, -0.15) is 0 Å². The van der Waals surface area contributed by atoms with E-state index in [2.05, 4.69) is 6.92 Å². The number of hydrogen-bond acceptors (Lipinski definition) is 2. The molecule has 5 fully saturated rings. The fraction of sp³-hybridized carbons (Fsp3) is 0.682. The second-order valence-electron chi connectivity index (χ2n) is 9.70. The summed E-state index contributed by atoms with van der Waals surface area (Å²) >= 11 is 0. The zero-order chi connectivity index (χ0) is 18.1. The molecule has 0 spiro atoms. The molecule has 1 N–H and O–H groups in total. The van der Waals surface area contributed by atoms with E-state index < -0.39 is 11.8 Å². The van der Waals surface area contributed by atoms with Crippen molar-refractivity contribution in [2.75, 3.05) is 6.61 Å². The van der Waals surface area contributed by atoms with Crippen LogP contribution in [-0.4, -0.2) is 17.7 Å². The number of hydrogen-bond donors (Lipinski definition) is 1. The SMILES string of the molecule is C[C@@H]1C[C@H]1c1cc(C(=O)O)c(F)cc1OCC12CC3CC(CC(C3)C1)C2. The fourth-order valence-corrected chi connectivity index (χ4v) is 6.60. The number of rotatable bonds is 5. The van der Waals surface area contributed by atoms with Crippen molar-refractivity contribution in [1.29, 1.82) is 0 Å². The Morgan fingerprint density at radius 1 is 1.15 bits per heavy atom. The van der Waals surface area contributed by atoms with Crippen LogP contribution in [0.4, 0.5) is 4.39 Å². The molecule has 140 valence electrons. The third-order valence-electron chi connectivity index (χ3n) is 7.54. The summed E-state index contributed by atoms with van der Waals surface area (Å²) in [6, 6.07) is 2.84. The van der Waals surface area contributed by atoms with E-state index in [1.165, 1.54) is 50.7 Å². The number of aromatic carboxylic acids is 1. The zero-order valence-electron chi connectivity index (χ0n) is 15.3. The number of carboxylic acid groups (broad SMARTS) is 1. The molecule has 0 heterocycles. The number of carbonyl (C=O) groups is 1. The van der Waals surface area contributed by atoms with E-state index in [0.717, 1.165) is 29.7 Å². The summed E-state index contributed by atoms with van der Waals surface area (Å²) in [5.41, 5.74) is 0.922. The van der Waals surface area contributed by atoms with Crippen LogP contribution in [-0.2, 0) is 0 Å². The number of carboxylic acids is 1. The monoisotopic (exact) mass is 358 g/mol. The van der Waals surface area contributed by atoms with Crippen molar-refractivity contribution in [2.24, 2.45) is 29.1 Å². The lowest BCUT2D eigenvalue weighted by Gasteiger charge is -2.56. The van der Waals surface area contributed by atoms with E-state index in [-0.39, 0.29) is 11.0 Å². The van der Waals surface area contributed by atoms with Gasteiger partial charge < -0.3 is 9.84 Å². The molecule has 5 aliphatic carbocycles. The molecule has 4 bridgehead atoms.